The molecular formula is C30H35ClN2O2. The zero-order valence-corrected chi connectivity index (χ0v) is 21.6. The number of rotatable bonds is 11. The van der Waals surface area contributed by atoms with E-state index in [4.69, 9.17) is 22.1 Å². The van der Waals surface area contributed by atoms with Crippen molar-refractivity contribution in [1.29, 1.82) is 0 Å². The molecule has 0 bridgehead atoms. The summed E-state index contributed by atoms with van der Waals surface area (Å²) in [6.07, 6.45) is 2.69. The summed E-state index contributed by atoms with van der Waals surface area (Å²) >= 11 is 6.12. The molecule has 1 amide bonds. The summed E-state index contributed by atoms with van der Waals surface area (Å²) in [5.74, 6) is 0.383. The van der Waals surface area contributed by atoms with Gasteiger partial charge in [-0.3, -0.25) is 4.79 Å². The molecule has 5 heteroatoms. The van der Waals surface area contributed by atoms with Crippen molar-refractivity contribution in [3.63, 3.8) is 0 Å². The Bertz CT molecular complexity index is 1150. The molecule has 4 nitrogen and oxygen atoms in total. The van der Waals surface area contributed by atoms with Gasteiger partial charge in [-0.15, -0.1) is 0 Å². The van der Waals surface area contributed by atoms with Gasteiger partial charge in [0.2, 0.25) is 0 Å². The molecular weight excluding hydrogens is 456 g/mol. The number of carbonyl (C=O) groups excluding carboxylic acids is 1. The first kappa shape index (κ1) is 26.4. The van der Waals surface area contributed by atoms with Crippen LogP contribution < -0.4 is 15.8 Å². The molecule has 3 aromatic rings. The van der Waals surface area contributed by atoms with Crippen LogP contribution in [0.15, 0.2) is 79.0 Å². The van der Waals surface area contributed by atoms with Crippen molar-refractivity contribution in [2.24, 2.45) is 5.73 Å². The number of unbranched alkanes of at least 4 members (excludes halogenated alkanes) is 1. The fourth-order valence-corrected chi connectivity index (χ4v) is 3.85. The Morgan fingerprint density at radius 3 is 2.26 bits per heavy atom. The third-order valence-electron chi connectivity index (χ3n) is 6.34. The Morgan fingerprint density at radius 1 is 1.03 bits per heavy atom. The van der Waals surface area contributed by atoms with Crippen LogP contribution in [0.4, 0.5) is 0 Å². The highest BCUT2D eigenvalue weighted by Crippen LogP contribution is 2.30. The van der Waals surface area contributed by atoms with Crippen molar-refractivity contribution in [2.45, 2.75) is 45.4 Å². The lowest BCUT2D eigenvalue weighted by Gasteiger charge is -2.25. The first-order valence-corrected chi connectivity index (χ1v) is 12.5. The Morgan fingerprint density at radius 2 is 1.66 bits per heavy atom. The average molecular weight is 491 g/mol. The van der Waals surface area contributed by atoms with E-state index in [-0.39, 0.29) is 11.3 Å². The summed E-state index contributed by atoms with van der Waals surface area (Å²) in [5, 5.41) is 3.50. The minimum atomic E-state index is -0.264. The van der Waals surface area contributed by atoms with E-state index in [1.807, 2.05) is 0 Å². The molecule has 35 heavy (non-hydrogen) atoms. The largest absolute Gasteiger partial charge is 0.493 e. The van der Waals surface area contributed by atoms with Gasteiger partial charge in [-0.1, -0.05) is 93.9 Å². The van der Waals surface area contributed by atoms with Crippen LogP contribution in [0.2, 0.25) is 5.02 Å². The summed E-state index contributed by atoms with van der Waals surface area (Å²) in [4.78, 5) is 12.8. The second-order valence-electron chi connectivity index (χ2n) is 9.27. The zero-order chi connectivity index (χ0) is 25.4. The molecule has 0 aliphatic heterocycles. The van der Waals surface area contributed by atoms with Crippen molar-refractivity contribution >= 4 is 17.5 Å². The van der Waals surface area contributed by atoms with Crippen molar-refractivity contribution in [1.82, 2.24) is 5.32 Å². The molecule has 0 saturated heterocycles. The highest BCUT2D eigenvalue weighted by atomic mass is 35.5. The minimum Gasteiger partial charge on any atom is -0.493 e. The van der Waals surface area contributed by atoms with Crippen LogP contribution in [0.1, 0.15) is 55.1 Å². The van der Waals surface area contributed by atoms with Crippen LogP contribution in [0.25, 0.3) is 11.1 Å². The summed E-state index contributed by atoms with van der Waals surface area (Å²) in [6.45, 7) is 11.3. The number of amides is 1. The molecule has 0 aromatic heterocycles. The van der Waals surface area contributed by atoms with Gasteiger partial charge in [0.15, 0.2) is 0 Å². The summed E-state index contributed by atoms with van der Waals surface area (Å²) in [6, 6.07) is 22.0. The number of carbonyl (C=O) groups is 1. The summed E-state index contributed by atoms with van der Waals surface area (Å²) in [5.41, 5.74) is 11.4. The normalized spacial score (nSPS) is 11.2. The second kappa shape index (κ2) is 11.9. The minimum absolute atomic E-state index is 0.182. The lowest BCUT2D eigenvalue weighted by molar-refractivity contribution is 0.0950. The Kier molecular flexibility index (Phi) is 9.00. The molecule has 0 saturated carbocycles. The van der Waals surface area contributed by atoms with Gasteiger partial charge in [0, 0.05) is 22.7 Å². The van der Waals surface area contributed by atoms with E-state index in [9.17, 15) is 4.79 Å². The van der Waals surface area contributed by atoms with Gasteiger partial charge in [0.05, 0.1) is 12.2 Å². The first-order chi connectivity index (χ1) is 16.7. The molecule has 0 atom stereocenters. The maximum Gasteiger partial charge on any atom is 0.255 e. The van der Waals surface area contributed by atoms with Gasteiger partial charge in [0.1, 0.15) is 5.75 Å². The van der Waals surface area contributed by atoms with Gasteiger partial charge in [-0.05, 0) is 53.3 Å². The number of benzene rings is 3. The van der Waals surface area contributed by atoms with Gasteiger partial charge in [-0.25, -0.2) is 0 Å². The molecule has 0 fully saturated rings. The van der Waals surface area contributed by atoms with Crippen LogP contribution >= 0.6 is 11.6 Å². The molecule has 3 aromatic carbocycles. The van der Waals surface area contributed by atoms with Crippen molar-refractivity contribution < 1.29 is 9.53 Å². The van der Waals surface area contributed by atoms with Gasteiger partial charge in [-0.2, -0.15) is 0 Å². The number of ether oxygens (including phenoxy) is 1. The number of nitrogens with two attached hydrogens (primary N) is 1. The quantitative estimate of drug-likeness (QED) is 0.287. The molecule has 0 spiro atoms. The maximum absolute atomic E-state index is 12.8. The van der Waals surface area contributed by atoms with Crippen LogP contribution in [0.5, 0.6) is 5.75 Å². The first-order valence-electron chi connectivity index (χ1n) is 12.1. The Balaban J connectivity index is 1.58. The molecule has 184 valence electrons. The number of allylic oxidation sites excluding steroid dienone is 1. The fourth-order valence-electron chi connectivity index (χ4n) is 3.68. The van der Waals surface area contributed by atoms with Crippen LogP contribution in [0.3, 0.4) is 0 Å². The molecule has 0 radical (unpaired) electrons. The number of halogens is 1. The predicted molar refractivity (Wildman–Crippen MR) is 146 cm³/mol. The number of hydrogen-bond acceptors (Lipinski definition) is 3. The SMILES string of the molecule is C=C(N)C(C)(C)c1ccc(-c2ccc(CCNC(=O)c3cc(Cl)ccc3OCCCC)cc2)cc1. The lowest BCUT2D eigenvalue weighted by atomic mass is 9.81. The van der Waals surface area contributed by atoms with Crippen molar-refractivity contribution in [3.8, 4) is 16.9 Å². The van der Waals surface area contributed by atoms with E-state index >= 15 is 0 Å². The smallest absolute Gasteiger partial charge is 0.255 e. The number of hydrogen-bond donors (Lipinski definition) is 2. The molecule has 3 rings (SSSR count). The van der Waals surface area contributed by atoms with E-state index in [2.05, 4.69) is 81.2 Å². The van der Waals surface area contributed by atoms with E-state index in [1.54, 1.807) is 18.2 Å². The topological polar surface area (TPSA) is 64.3 Å². The highest BCUT2D eigenvalue weighted by Gasteiger charge is 2.22. The van der Waals surface area contributed by atoms with Gasteiger partial charge in [0.25, 0.3) is 5.91 Å². The molecule has 0 unspecified atom stereocenters. The molecule has 0 heterocycles. The van der Waals surface area contributed by atoms with Crippen LogP contribution in [-0.4, -0.2) is 19.1 Å². The van der Waals surface area contributed by atoms with E-state index < -0.39 is 0 Å². The van der Waals surface area contributed by atoms with E-state index in [1.165, 1.54) is 0 Å². The molecule has 0 aliphatic rings. The third kappa shape index (κ3) is 6.89. The maximum atomic E-state index is 12.8. The number of nitrogens with one attached hydrogen (secondary N) is 1. The third-order valence-corrected chi connectivity index (χ3v) is 6.57. The van der Waals surface area contributed by atoms with Crippen molar-refractivity contribution in [2.75, 3.05) is 13.2 Å². The second-order valence-corrected chi connectivity index (χ2v) is 9.71. The van der Waals surface area contributed by atoms with Crippen molar-refractivity contribution in [3.05, 3.63) is 101 Å². The van der Waals surface area contributed by atoms with Gasteiger partial charge < -0.3 is 15.8 Å². The van der Waals surface area contributed by atoms with Crippen LogP contribution in [-0.2, 0) is 11.8 Å². The lowest BCUT2D eigenvalue weighted by Crippen LogP contribution is -2.26. The molecule has 3 N–H and O–H groups in total. The average Bonchev–Trinajstić information content (AvgIpc) is 2.85. The molecule has 0 aliphatic carbocycles. The zero-order valence-electron chi connectivity index (χ0n) is 20.9. The highest BCUT2D eigenvalue weighted by molar-refractivity contribution is 6.31. The fraction of sp³-hybridized carbons (Fsp3) is 0.300. The van der Waals surface area contributed by atoms with Gasteiger partial charge >= 0.3 is 0 Å². The van der Waals surface area contributed by atoms with E-state index in [0.29, 0.717) is 35.2 Å². The van der Waals surface area contributed by atoms with Crippen LogP contribution in [0, 0.1) is 0 Å². The Labute approximate surface area is 214 Å². The standard InChI is InChI=1S/C30H35ClN2O2/c1-5-6-19-35-28-16-15-26(31)20-27(28)29(34)33-18-17-22-7-9-23(10-8-22)24-11-13-25(14-12-24)30(3,4)21(2)32/h7-16,20H,2,5-6,17-19,32H2,1,3-4H3,(H,33,34). The summed E-state index contributed by atoms with van der Waals surface area (Å²) < 4.78 is 5.78. The predicted octanol–water partition coefficient (Wildman–Crippen LogP) is 6.91. The summed E-state index contributed by atoms with van der Waals surface area (Å²) in [7, 11) is 0. The Hall–Kier alpha value is -3.24. The van der Waals surface area contributed by atoms with E-state index in [0.717, 1.165) is 41.5 Å². The monoisotopic (exact) mass is 490 g/mol.